The summed E-state index contributed by atoms with van der Waals surface area (Å²) in [6.07, 6.45) is 5.47. The van der Waals surface area contributed by atoms with Crippen molar-refractivity contribution < 1.29 is 0 Å². The molecule has 1 fully saturated rings. The highest BCUT2D eigenvalue weighted by molar-refractivity contribution is 5.81. The summed E-state index contributed by atoms with van der Waals surface area (Å²) in [5.74, 6) is 0. The molecule has 1 aromatic carbocycles. The van der Waals surface area contributed by atoms with Gasteiger partial charge in [-0.1, -0.05) is 25.0 Å². The van der Waals surface area contributed by atoms with Crippen LogP contribution in [0.15, 0.2) is 24.3 Å². The van der Waals surface area contributed by atoms with Gasteiger partial charge >= 0.3 is 0 Å². The zero-order valence-corrected chi connectivity index (χ0v) is 11.5. The van der Waals surface area contributed by atoms with Crippen molar-refractivity contribution in [1.82, 2.24) is 9.88 Å². The molecule has 0 aliphatic carbocycles. The molecule has 0 radical (unpaired) electrons. The first-order chi connectivity index (χ1) is 9.35. The Balaban J connectivity index is 1.76. The summed E-state index contributed by atoms with van der Waals surface area (Å²) in [5, 5.41) is 1.29. The van der Waals surface area contributed by atoms with Gasteiger partial charge in [0.15, 0.2) is 0 Å². The van der Waals surface area contributed by atoms with Gasteiger partial charge in [0.05, 0.1) is 0 Å². The lowest BCUT2D eigenvalue weighted by Crippen LogP contribution is -2.24. The lowest BCUT2D eigenvalue weighted by molar-refractivity contribution is 0.274. The highest BCUT2D eigenvalue weighted by Crippen LogP contribution is 2.19. The van der Waals surface area contributed by atoms with Gasteiger partial charge in [-0.15, -0.1) is 0 Å². The van der Waals surface area contributed by atoms with Crippen LogP contribution in [0.5, 0.6) is 0 Å². The first kappa shape index (κ1) is 12.7. The Bertz CT molecular complexity index is 536. The number of fused-ring (bicyclic) bond motifs is 1. The quantitative estimate of drug-likeness (QED) is 0.888. The SMILES string of the molecule is NCc1ccc2cc(CN3CCCCCC3)[nH]c2c1. The molecule has 1 aliphatic rings. The molecule has 1 aromatic heterocycles. The van der Waals surface area contributed by atoms with Crippen molar-refractivity contribution in [1.29, 1.82) is 0 Å². The normalized spacial score (nSPS) is 17.7. The second-order valence-corrected chi connectivity index (χ2v) is 5.61. The molecule has 1 aliphatic heterocycles. The van der Waals surface area contributed by atoms with Gasteiger partial charge < -0.3 is 10.7 Å². The van der Waals surface area contributed by atoms with Crippen molar-refractivity contribution in [3.05, 3.63) is 35.5 Å². The molecule has 0 atom stereocenters. The molecule has 3 rings (SSSR count). The Hall–Kier alpha value is -1.32. The van der Waals surface area contributed by atoms with Crippen LogP contribution in [0.4, 0.5) is 0 Å². The molecular formula is C16H23N3. The third kappa shape index (κ3) is 2.99. The number of nitrogens with two attached hydrogens (primary N) is 1. The van der Waals surface area contributed by atoms with Crippen molar-refractivity contribution in [2.24, 2.45) is 5.73 Å². The van der Waals surface area contributed by atoms with E-state index in [1.54, 1.807) is 0 Å². The smallest absolute Gasteiger partial charge is 0.0459 e. The first-order valence-electron chi connectivity index (χ1n) is 7.38. The number of hydrogen-bond donors (Lipinski definition) is 2. The molecule has 3 N–H and O–H groups in total. The highest BCUT2D eigenvalue weighted by Gasteiger charge is 2.10. The Morgan fingerprint density at radius 3 is 2.58 bits per heavy atom. The van der Waals surface area contributed by atoms with Gasteiger partial charge in [0, 0.05) is 24.3 Å². The molecule has 0 amide bonds. The number of aromatic nitrogens is 1. The molecule has 1 saturated heterocycles. The zero-order valence-electron chi connectivity index (χ0n) is 11.5. The van der Waals surface area contributed by atoms with Crippen LogP contribution in [-0.4, -0.2) is 23.0 Å². The monoisotopic (exact) mass is 257 g/mol. The van der Waals surface area contributed by atoms with E-state index in [-0.39, 0.29) is 0 Å². The van der Waals surface area contributed by atoms with E-state index in [9.17, 15) is 0 Å². The van der Waals surface area contributed by atoms with Gasteiger partial charge in [-0.25, -0.2) is 0 Å². The van der Waals surface area contributed by atoms with E-state index in [0.717, 1.165) is 6.54 Å². The molecular weight excluding hydrogens is 234 g/mol. The summed E-state index contributed by atoms with van der Waals surface area (Å²) in [6.45, 7) is 4.13. The molecule has 19 heavy (non-hydrogen) atoms. The van der Waals surface area contributed by atoms with E-state index >= 15 is 0 Å². The van der Waals surface area contributed by atoms with Gasteiger partial charge in [-0.3, -0.25) is 4.90 Å². The topological polar surface area (TPSA) is 45.0 Å². The minimum Gasteiger partial charge on any atom is -0.357 e. The number of benzene rings is 1. The average Bonchev–Trinajstić information content (AvgIpc) is 2.64. The van der Waals surface area contributed by atoms with Crippen molar-refractivity contribution >= 4 is 10.9 Å². The fourth-order valence-electron chi connectivity index (χ4n) is 2.98. The summed E-state index contributed by atoms with van der Waals surface area (Å²) in [7, 11) is 0. The number of hydrogen-bond acceptors (Lipinski definition) is 2. The van der Waals surface area contributed by atoms with Gasteiger partial charge in [0.1, 0.15) is 0 Å². The molecule has 0 bridgehead atoms. The maximum absolute atomic E-state index is 5.69. The third-order valence-corrected chi connectivity index (χ3v) is 4.07. The Morgan fingerprint density at radius 2 is 1.84 bits per heavy atom. The molecule has 3 nitrogen and oxygen atoms in total. The maximum atomic E-state index is 5.69. The van der Waals surface area contributed by atoms with Crippen LogP contribution in [0.1, 0.15) is 36.9 Å². The van der Waals surface area contributed by atoms with Crippen molar-refractivity contribution in [3.63, 3.8) is 0 Å². The summed E-state index contributed by atoms with van der Waals surface area (Å²) in [5.41, 5.74) is 9.42. The predicted molar refractivity (Wildman–Crippen MR) is 79.9 cm³/mol. The van der Waals surface area contributed by atoms with Crippen molar-refractivity contribution in [2.75, 3.05) is 13.1 Å². The molecule has 0 saturated carbocycles. The number of nitrogens with one attached hydrogen (secondary N) is 1. The highest BCUT2D eigenvalue weighted by atomic mass is 15.1. The summed E-state index contributed by atoms with van der Waals surface area (Å²) in [4.78, 5) is 6.11. The van der Waals surface area contributed by atoms with Gasteiger partial charge in [-0.2, -0.15) is 0 Å². The maximum Gasteiger partial charge on any atom is 0.0459 e. The standard InChI is InChI=1S/C16H23N3/c17-11-13-5-6-14-10-15(18-16(14)9-13)12-19-7-3-1-2-4-8-19/h5-6,9-10,18H,1-4,7-8,11-12,17H2. The van der Waals surface area contributed by atoms with Crippen molar-refractivity contribution in [2.45, 2.75) is 38.8 Å². The second-order valence-electron chi connectivity index (χ2n) is 5.61. The molecule has 3 heteroatoms. The van der Waals surface area contributed by atoms with Gasteiger partial charge in [0.25, 0.3) is 0 Å². The average molecular weight is 257 g/mol. The second kappa shape index (κ2) is 5.76. The van der Waals surface area contributed by atoms with Gasteiger partial charge in [0.2, 0.25) is 0 Å². The van der Waals surface area contributed by atoms with Crippen LogP contribution in [0.25, 0.3) is 10.9 Å². The van der Waals surface area contributed by atoms with E-state index < -0.39 is 0 Å². The van der Waals surface area contributed by atoms with Crippen LogP contribution < -0.4 is 5.73 Å². The fraction of sp³-hybridized carbons (Fsp3) is 0.500. The first-order valence-corrected chi connectivity index (χ1v) is 7.38. The molecule has 2 heterocycles. The lowest BCUT2D eigenvalue weighted by atomic mass is 10.1. The molecule has 0 spiro atoms. The van der Waals surface area contributed by atoms with Crippen molar-refractivity contribution in [3.8, 4) is 0 Å². The van der Waals surface area contributed by atoms with Crippen LogP contribution >= 0.6 is 0 Å². The number of H-pyrrole nitrogens is 1. The zero-order chi connectivity index (χ0) is 13.1. The third-order valence-electron chi connectivity index (χ3n) is 4.07. The fourth-order valence-corrected chi connectivity index (χ4v) is 2.98. The Kier molecular flexibility index (Phi) is 3.85. The van der Waals surface area contributed by atoms with Crippen LogP contribution in [0, 0.1) is 0 Å². The molecule has 2 aromatic rings. The summed E-state index contributed by atoms with van der Waals surface area (Å²) in [6, 6.07) is 8.73. The minimum atomic E-state index is 0.608. The predicted octanol–water partition coefficient (Wildman–Crippen LogP) is 3.00. The van der Waals surface area contributed by atoms with Gasteiger partial charge in [-0.05, 0) is 49.0 Å². The summed E-state index contributed by atoms with van der Waals surface area (Å²) >= 11 is 0. The van der Waals surface area contributed by atoms with E-state index in [1.165, 1.54) is 60.9 Å². The number of nitrogens with zero attached hydrogens (tertiary/aromatic N) is 1. The van der Waals surface area contributed by atoms with Crippen LogP contribution in [0.3, 0.4) is 0 Å². The van der Waals surface area contributed by atoms with Crippen LogP contribution in [-0.2, 0) is 13.1 Å². The number of likely N-dealkylation sites (tertiary alicyclic amines) is 1. The number of rotatable bonds is 3. The van der Waals surface area contributed by atoms with E-state index in [0.29, 0.717) is 6.54 Å². The number of aromatic amines is 1. The largest absolute Gasteiger partial charge is 0.357 e. The molecule has 102 valence electrons. The Labute approximate surface area is 114 Å². The lowest BCUT2D eigenvalue weighted by Gasteiger charge is -2.18. The van der Waals surface area contributed by atoms with E-state index in [1.807, 2.05) is 0 Å². The minimum absolute atomic E-state index is 0.608. The van der Waals surface area contributed by atoms with E-state index in [2.05, 4.69) is 34.1 Å². The molecule has 0 unspecified atom stereocenters. The van der Waals surface area contributed by atoms with Crippen LogP contribution in [0.2, 0.25) is 0 Å². The summed E-state index contributed by atoms with van der Waals surface area (Å²) < 4.78 is 0. The van der Waals surface area contributed by atoms with E-state index in [4.69, 9.17) is 5.73 Å². The Morgan fingerprint density at radius 1 is 1.05 bits per heavy atom.